The summed E-state index contributed by atoms with van der Waals surface area (Å²) >= 11 is 1.52. The van der Waals surface area contributed by atoms with Crippen molar-refractivity contribution in [2.24, 2.45) is 0 Å². The van der Waals surface area contributed by atoms with E-state index in [1.807, 2.05) is 35.7 Å². The SMILES string of the molecule is O=c1[nH]c(NCc2cscn2)nc2c1cnn2-c1ccccc1. The number of fused-ring (bicyclic) bond motifs is 1. The Morgan fingerprint density at radius 2 is 2.13 bits per heavy atom. The average molecular weight is 324 g/mol. The van der Waals surface area contributed by atoms with Gasteiger partial charge in [-0.05, 0) is 12.1 Å². The monoisotopic (exact) mass is 324 g/mol. The number of nitrogens with one attached hydrogen (secondary N) is 2. The molecular formula is C15H12N6OS. The Bertz CT molecular complexity index is 990. The van der Waals surface area contributed by atoms with Crippen molar-refractivity contribution in [1.82, 2.24) is 24.7 Å². The maximum Gasteiger partial charge on any atom is 0.263 e. The molecule has 8 heteroatoms. The molecule has 4 rings (SSSR count). The largest absolute Gasteiger partial charge is 0.350 e. The van der Waals surface area contributed by atoms with E-state index in [0.717, 1.165) is 11.4 Å². The average Bonchev–Trinajstić information content (AvgIpc) is 3.23. The molecule has 0 saturated heterocycles. The third-order valence-electron chi connectivity index (χ3n) is 3.36. The standard InChI is InChI=1S/C15H12N6OS/c22-14-12-7-18-21(11-4-2-1-3-5-11)13(12)19-15(20-14)16-6-10-8-23-9-17-10/h1-5,7-9H,6H2,(H2,16,19,20,22). The summed E-state index contributed by atoms with van der Waals surface area (Å²) in [6.45, 7) is 0.497. The van der Waals surface area contributed by atoms with Gasteiger partial charge in [0.2, 0.25) is 5.95 Å². The van der Waals surface area contributed by atoms with Crippen molar-refractivity contribution >= 4 is 28.3 Å². The number of anilines is 1. The number of benzene rings is 1. The Hall–Kier alpha value is -3.00. The first-order chi connectivity index (χ1) is 11.3. The van der Waals surface area contributed by atoms with Crippen molar-refractivity contribution in [3.8, 4) is 5.69 Å². The minimum absolute atomic E-state index is 0.224. The van der Waals surface area contributed by atoms with Crippen molar-refractivity contribution < 1.29 is 0 Å². The summed E-state index contributed by atoms with van der Waals surface area (Å²) in [7, 11) is 0. The lowest BCUT2D eigenvalue weighted by atomic mass is 10.3. The molecule has 0 amide bonds. The highest BCUT2D eigenvalue weighted by molar-refractivity contribution is 7.07. The van der Waals surface area contributed by atoms with Crippen LogP contribution in [0.25, 0.3) is 16.7 Å². The Kier molecular flexibility index (Phi) is 3.35. The van der Waals surface area contributed by atoms with E-state index < -0.39 is 0 Å². The molecule has 1 aromatic carbocycles. The van der Waals surface area contributed by atoms with Crippen molar-refractivity contribution in [1.29, 1.82) is 0 Å². The van der Waals surface area contributed by atoms with Gasteiger partial charge < -0.3 is 5.32 Å². The smallest absolute Gasteiger partial charge is 0.263 e. The lowest BCUT2D eigenvalue weighted by Gasteiger charge is -2.05. The second-order valence-electron chi connectivity index (χ2n) is 4.88. The predicted molar refractivity (Wildman–Crippen MR) is 88.9 cm³/mol. The molecular weight excluding hydrogens is 312 g/mol. The molecule has 0 aliphatic heterocycles. The molecule has 4 aromatic rings. The van der Waals surface area contributed by atoms with Gasteiger partial charge in [0.05, 0.1) is 29.6 Å². The van der Waals surface area contributed by atoms with Crippen LogP contribution in [0.15, 0.2) is 52.2 Å². The second-order valence-corrected chi connectivity index (χ2v) is 5.60. The molecule has 0 bridgehead atoms. The first kappa shape index (κ1) is 13.6. The van der Waals surface area contributed by atoms with E-state index in [-0.39, 0.29) is 5.56 Å². The fourth-order valence-electron chi connectivity index (χ4n) is 2.26. The van der Waals surface area contributed by atoms with Crippen molar-refractivity contribution in [3.05, 3.63) is 63.5 Å². The summed E-state index contributed by atoms with van der Waals surface area (Å²) in [5, 5.41) is 9.75. The van der Waals surface area contributed by atoms with Crippen molar-refractivity contribution in [3.63, 3.8) is 0 Å². The number of thiazole rings is 1. The van der Waals surface area contributed by atoms with E-state index >= 15 is 0 Å². The molecule has 23 heavy (non-hydrogen) atoms. The number of H-pyrrole nitrogens is 1. The minimum atomic E-state index is -0.224. The third-order valence-corrected chi connectivity index (χ3v) is 3.99. The van der Waals surface area contributed by atoms with Gasteiger partial charge in [-0.3, -0.25) is 9.78 Å². The molecule has 0 saturated carbocycles. The summed E-state index contributed by atoms with van der Waals surface area (Å²) in [6, 6.07) is 9.58. The number of hydrogen-bond donors (Lipinski definition) is 2. The fourth-order valence-corrected chi connectivity index (χ4v) is 2.82. The van der Waals surface area contributed by atoms with E-state index in [1.165, 1.54) is 17.5 Å². The topological polar surface area (TPSA) is 88.5 Å². The van der Waals surface area contributed by atoms with Crippen LogP contribution in [0.3, 0.4) is 0 Å². The number of nitrogens with zero attached hydrogens (tertiary/aromatic N) is 4. The van der Waals surface area contributed by atoms with Gasteiger partial charge in [0, 0.05) is 5.38 Å². The normalized spacial score (nSPS) is 11.0. The highest BCUT2D eigenvalue weighted by Gasteiger charge is 2.11. The Labute approximate surface area is 134 Å². The lowest BCUT2D eigenvalue weighted by Crippen LogP contribution is -2.13. The second kappa shape index (κ2) is 5.65. The van der Waals surface area contributed by atoms with Gasteiger partial charge in [0.25, 0.3) is 5.56 Å². The third kappa shape index (κ3) is 2.59. The van der Waals surface area contributed by atoms with Gasteiger partial charge in [-0.1, -0.05) is 18.2 Å². The van der Waals surface area contributed by atoms with Crippen LogP contribution in [0.2, 0.25) is 0 Å². The molecule has 2 N–H and O–H groups in total. The Morgan fingerprint density at radius 3 is 2.91 bits per heavy atom. The molecule has 3 aromatic heterocycles. The van der Waals surface area contributed by atoms with Gasteiger partial charge in [-0.2, -0.15) is 10.1 Å². The molecule has 0 fully saturated rings. The van der Waals surface area contributed by atoms with E-state index in [9.17, 15) is 4.79 Å². The number of aromatic nitrogens is 5. The maximum absolute atomic E-state index is 12.2. The van der Waals surface area contributed by atoms with Gasteiger partial charge in [-0.15, -0.1) is 11.3 Å². The van der Waals surface area contributed by atoms with Gasteiger partial charge >= 0.3 is 0 Å². The van der Waals surface area contributed by atoms with Crippen molar-refractivity contribution in [2.75, 3.05) is 5.32 Å². The number of hydrogen-bond acceptors (Lipinski definition) is 6. The Balaban J connectivity index is 1.74. The molecule has 114 valence electrons. The molecule has 3 heterocycles. The summed E-state index contributed by atoms with van der Waals surface area (Å²) in [5.41, 5.74) is 3.81. The zero-order chi connectivity index (χ0) is 15.6. The number of rotatable bonds is 4. The highest BCUT2D eigenvalue weighted by Crippen LogP contribution is 2.14. The molecule has 0 spiro atoms. The molecule has 7 nitrogen and oxygen atoms in total. The summed E-state index contributed by atoms with van der Waals surface area (Å²) in [4.78, 5) is 23.6. The van der Waals surface area contributed by atoms with Crippen LogP contribution in [0, 0.1) is 0 Å². The Morgan fingerprint density at radius 1 is 1.26 bits per heavy atom. The summed E-state index contributed by atoms with van der Waals surface area (Å²) in [5.74, 6) is 0.396. The highest BCUT2D eigenvalue weighted by atomic mass is 32.1. The molecule has 0 unspecified atom stereocenters. The number of para-hydroxylation sites is 1. The van der Waals surface area contributed by atoms with Crippen LogP contribution in [0.1, 0.15) is 5.69 Å². The quantitative estimate of drug-likeness (QED) is 0.600. The van der Waals surface area contributed by atoms with E-state index in [2.05, 4.69) is 25.4 Å². The maximum atomic E-state index is 12.2. The van der Waals surface area contributed by atoms with Gasteiger partial charge in [0.1, 0.15) is 5.39 Å². The lowest BCUT2D eigenvalue weighted by molar-refractivity contribution is 0.893. The van der Waals surface area contributed by atoms with E-state index in [1.54, 1.807) is 10.2 Å². The van der Waals surface area contributed by atoms with Crippen LogP contribution in [-0.2, 0) is 6.54 Å². The van der Waals surface area contributed by atoms with Gasteiger partial charge in [0.15, 0.2) is 5.65 Å². The van der Waals surface area contributed by atoms with Crippen LogP contribution in [0.4, 0.5) is 5.95 Å². The molecule has 0 radical (unpaired) electrons. The zero-order valence-corrected chi connectivity index (χ0v) is 12.7. The van der Waals surface area contributed by atoms with E-state index in [4.69, 9.17) is 0 Å². The first-order valence-corrected chi connectivity index (χ1v) is 7.90. The summed E-state index contributed by atoms with van der Waals surface area (Å²) < 4.78 is 1.65. The minimum Gasteiger partial charge on any atom is -0.350 e. The zero-order valence-electron chi connectivity index (χ0n) is 11.9. The van der Waals surface area contributed by atoms with Crippen LogP contribution >= 0.6 is 11.3 Å². The first-order valence-electron chi connectivity index (χ1n) is 6.96. The van der Waals surface area contributed by atoms with Crippen LogP contribution in [-0.4, -0.2) is 24.7 Å². The molecule has 0 aliphatic rings. The molecule has 0 aliphatic carbocycles. The van der Waals surface area contributed by atoms with Crippen molar-refractivity contribution in [2.45, 2.75) is 6.54 Å². The fraction of sp³-hybridized carbons (Fsp3) is 0.0667. The van der Waals surface area contributed by atoms with Gasteiger partial charge in [-0.25, -0.2) is 9.67 Å². The van der Waals surface area contributed by atoms with Crippen LogP contribution in [0.5, 0.6) is 0 Å². The van der Waals surface area contributed by atoms with Crippen LogP contribution < -0.4 is 10.9 Å². The summed E-state index contributed by atoms with van der Waals surface area (Å²) in [6.07, 6.45) is 1.53. The van der Waals surface area contributed by atoms with E-state index in [0.29, 0.717) is 23.5 Å². The number of aromatic amines is 1. The predicted octanol–water partition coefficient (Wildman–Crippen LogP) is 2.18. The molecule has 0 atom stereocenters.